The van der Waals surface area contributed by atoms with Crippen molar-refractivity contribution < 1.29 is 4.79 Å². The van der Waals surface area contributed by atoms with Crippen molar-refractivity contribution >= 4 is 22.9 Å². The normalized spacial score (nSPS) is 10.8. The summed E-state index contributed by atoms with van der Waals surface area (Å²) in [6.45, 7) is 3.82. The Hall–Kier alpha value is -3.29. The SMILES string of the molecule is CCn1c(=O)c(C(=O)Nc2nc(C)cc(=O)[nH]2)cc2cccnc21. The van der Waals surface area contributed by atoms with Crippen LogP contribution in [0.25, 0.3) is 11.0 Å². The summed E-state index contributed by atoms with van der Waals surface area (Å²) in [5, 5.41) is 3.13. The Morgan fingerprint density at radius 3 is 2.83 bits per heavy atom. The number of aromatic amines is 1. The first-order valence-corrected chi connectivity index (χ1v) is 7.37. The minimum Gasteiger partial charge on any atom is -0.292 e. The van der Waals surface area contributed by atoms with Crippen molar-refractivity contribution in [2.24, 2.45) is 0 Å². The molecule has 0 saturated heterocycles. The minimum absolute atomic E-state index is 0.00117. The summed E-state index contributed by atoms with van der Waals surface area (Å²) < 4.78 is 1.43. The highest BCUT2D eigenvalue weighted by Crippen LogP contribution is 2.11. The van der Waals surface area contributed by atoms with Crippen LogP contribution in [0.1, 0.15) is 23.0 Å². The Morgan fingerprint density at radius 1 is 1.33 bits per heavy atom. The van der Waals surface area contributed by atoms with E-state index in [4.69, 9.17) is 0 Å². The lowest BCUT2D eigenvalue weighted by Crippen LogP contribution is -2.30. The lowest BCUT2D eigenvalue weighted by Gasteiger charge is -2.10. The predicted octanol–water partition coefficient (Wildman–Crippen LogP) is 1.06. The lowest BCUT2D eigenvalue weighted by atomic mass is 10.2. The molecule has 0 unspecified atom stereocenters. The summed E-state index contributed by atoms with van der Waals surface area (Å²) >= 11 is 0. The van der Waals surface area contributed by atoms with Crippen LogP contribution >= 0.6 is 0 Å². The number of hydrogen-bond donors (Lipinski definition) is 2. The van der Waals surface area contributed by atoms with Crippen molar-refractivity contribution in [2.45, 2.75) is 20.4 Å². The molecule has 0 spiro atoms. The third-order valence-electron chi connectivity index (χ3n) is 3.51. The van der Waals surface area contributed by atoms with Crippen molar-refractivity contribution in [1.29, 1.82) is 0 Å². The second kappa shape index (κ2) is 6.07. The van der Waals surface area contributed by atoms with E-state index in [1.165, 1.54) is 16.7 Å². The standard InChI is InChI=1S/C16H15N5O3/c1-3-21-13-10(5-4-6-17-13)8-11(15(21)24)14(23)20-16-18-9(2)7-12(22)19-16/h4-8H,3H2,1-2H3,(H2,18,19,20,22,23). The summed E-state index contributed by atoms with van der Waals surface area (Å²) in [5.41, 5.74) is 0.107. The molecule has 0 aliphatic carbocycles. The fourth-order valence-electron chi connectivity index (χ4n) is 2.48. The summed E-state index contributed by atoms with van der Waals surface area (Å²) in [4.78, 5) is 47.1. The van der Waals surface area contributed by atoms with Gasteiger partial charge in [0, 0.05) is 29.9 Å². The van der Waals surface area contributed by atoms with Gasteiger partial charge >= 0.3 is 0 Å². The van der Waals surface area contributed by atoms with Crippen LogP contribution in [0.15, 0.2) is 40.1 Å². The van der Waals surface area contributed by atoms with Gasteiger partial charge in [0.05, 0.1) is 0 Å². The maximum atomic E-state index is 12.5. The quantitative estimate of drug-likeness (QED) is 0.748. The Morgan fingerprint density at radius 2 is 2.12 bits per heavy atom. The van der Waals surface area contributed by atoms with E-state index in [2.05, 4.69) is 20.3 Å². The van der Waals surface area contributed by atoms with E-state index in [0.29, 0.717) is 23.3 Å². The van der Waals surface area contributed by atoms with Gasteiger partial charge in [0.2, 0.25) is 5.95 Å². The first kappa shape index (κ1) is 15.6. The minimum atomic E-state index is -0.637. The molecule has 0 atom stereocenters. The molecule has 122 valence electrons. The van der Waals surface area contributed by atoms with E-state index in [1.54, 1.807) is 32.2 Å². The summed E-state index contributed by atoms with van der Waals surface area (Å²) in [6, 6.07) is 6.30. The molecule has 8 heteroatoms. The molecule has 3 aromatic heterocycles. The number of anilines is 1. The number of nitrogens with zero attached hydrogens (tertiary/aromatic N) is 3. The number of nitrogens with one attached hydrogen (secondary N) is 2. The first-order chi connectivity index (χ1) is 11.5. The molecule has 3 aromatic rings. The van der Waals surface area contributed by atoms with Gasteiger partial charge in [-0.2, -0.15) is 0 Å². The van der Waals surface area contributed by atoms with Gasteiger partial charge in [0.1, 0.15) is 11.2 Å². The molecule has 0 aliphatic heterocycles. The number of amides is 1. The van der Waals surface area contributed by atoms with Crippen molar-refractivity contribution in [3.05, 3.63) is 62.4 Å². The second-order valence-corrected chi connectivity index (χ2v) is 5.21. The number of H-pyrrole nitrogens is 1. The van der Waals surface area contributed by atoms with E-state index in [0.717, 1.165) is 0 Å². The number of pyridine rings is 2. The first-order valence-electron chi connectivity index (χ1n) is 7.37. The maximum absolute atomic E-state index is 12.5. The molecular formula is C16H15N5O3. The molecule has 0 aliphatic rings. The van der Waals surface area contributed by atoms with Gasteiger partial charge in [-0.1, -0.05) is 0 Å². The van der Waals surface area contributed by atoms with Gasteiger partial charge in [-0.05, 0) is 32.0 Å². The number of hydrogen-bond acceptors (Lipinski definition) is 5. The van der Waals surface area contributed by atoms with Crippen LogP contribution in [0.3, 0.4) is 0 Å². The largest absolute Gasteiger partial charge is 0.292 e. The van der Waals surface area contributed by atoms with Crippen LogP contribution in [0.5, 0.6) is 0 Å². The highest BCUT2D eigenvalue weighted by Gasteiger charge is 2.16. The van der Waals surface area contributed by atoms with Gasteiger partial charge < -0.3 is 0 Å². The zero-order valence-corrected chi connectivity index (χ0v) is 13.2. The number of aromatic nitrogens is 4. The van der Waals surface area contributed by atoms with Gasteiger partial charge in [0.25, 0.3) is 17.0 Å². The molecule has 0 bridgehead atoms. The van der Waals surface area contributed by atoms with Crippen molar-refractivity contribution in [3.63, 3.8) is 0 Å². The molecule has 3 rings (SSSR count). The third-order valence-corrected chi connectivity index (χ3v) is 3.51. The molecule has 0 aromatic carbocycles. The van der Waals surface area contributed by atoms with Crippen LogP contribution in [0.2, 0.25) is 0 Å². The summed E-state index contributed by atoms with van der Waals surface area (Å²) in [6.07, 6.45) is 1.59. The summed E-state index contributed by atoms with van der Waals surface area (Å²) in [7, 11) is 0. The monoisotopic (exact) mass is 325 g/mol. The molecule has 0 fully saturated rings. The molecule has 0 saturated carbocycles. The summed E-state index contributed by atoms with van der Waals surface area (Å²) in [5.74, 6) is -0.638. The highest BCUT2D eigenvalue weighted by atomic mass is 16.2. The molecule has 0 radical (unpaired) electrons. The fraction of sp³-hybridized carbons (Fsp3) is 0.188. The Kier molecular flexibility index (Phi) is 3.95. The number of rotatable bonds is 3. The lowest BCUT2D eigenvalue weighted by molar-refractivity contribution is 0.102. The predicted molar refractivity (Wildman–Crippen MR) is 89.2 cm³/mol. The molecule has 24 heavy (non-hydrogen) atoms. The molecule has 2 N–H and O–H groups in total. The zero-order chi connectivity index (χ0) is 17.3. The average molecular weight is 325 g/mol. The van der Waals surface area contributed by atoms with Crippen LogP contribution in [0.4, 0.5) is 5.95 Å². The molecule has 8 nitrogen and oxygen atoms in total. The maximum Gasteiger partial charge on any atom is 0.265 e. The van der Waals surface area contributed by atoms with Crippen LogP contribution in [-0.2, 0) is 6.54 Å². The smallest absolute Gasteiger partial charge is 0.265 e. The van der Waals surface area contributed by atoms with E-state index in [-0.39, 0.29) is 17.1 Å². The number of carbonyl (C=O) groups is 1. The molecule has 3 heterocycles. The molecular weight excluding hydrogens is 310 g/mol. The number of aryl methyl sites for hydroxylation is 2. The number of fused-ring (bicyclic) bond motifs is 1. The van der Waals surface area contributed by atoms with E-state index < -0.39 is 11.5 Å². The average Bonchev–Trinajstić information content (AvgIpc) is 2.53. The molecule has 1 amide bonds. The Balaban J connectivity index is 2.08. The van der Waals surface area contributed by atoms with Gasteiger partial charge in [-0.15, -0.1) is 0 Å². The van der Waals surface area contributed by atoms with Crippen LogP contribution < -0.4 is 16.4 Å². The van der Waals surface area contributed by atoms with Gasteiger partial charge in [-0.25, -0.2) is 9.97 Å². The van der Waals surface area contributed by atoms with Crippen molar-refractivity contribution in [1.82, 2.24) is 19.5 Å². The third kappa shape index (κ3) is 2.81. The van der Waals surface area contributed by atoms with Crippen LogP contribution in [-0.4, -0.2) is 25.4 Å². The van der Waals surface area contributed by atoms with Crippen molar-refractivity contribution in [3.8, 4) is 0 Å². The van der Waals surface area contributed by atoms with E-state index >= 15 is 0 Å². The van der Waals surface area contributed by atoms with E-state index in [1.807, 2.05) is 0 Å². The second-order valence-electron chi connectivity index (χ2n) is 5.21. The van der Waals surface area contributed by atoms with Crippen LogP contribution in [0, 0.1) is 6.92 Å². The zero-order valence-electron chi connectivity index (χ0n) is 13.2. The van der Waals surface area contributed by atoms with E-state index in [9.17, 15) is 14.4 Å². The number of carbonyl (C=O) groups excluding carboxylic acids is 1. The topological polar surface area (TPSA) is 110 Å². The van der Waals surface area contributed by atoms with Gasteiger partial charge in [-0.3, -0.25) is 29.3 Å². The Bertz CT molecular complexity index is 1050. The van der Waals surface area contributed by atoms with Gasteiger partial charge in [0.15, 0.2) is 0 Å². The van der Waals surface area contributed by atoms with Crippen molar-refractivity contribution in [2.75, 3.05) is 5.32 Å². The fourth-order valence-corrected chi connectivity index (χ4v) is 2.48. The highest BCUT2D eigenvalue weighted by molar-refractivity contribution is 6.04. The Labute approximate surface area is 136 Å².